The van der Waals surface area contributed by atoms with Crippen molar-refractivity contribution in [1.82, 2.24) is 24.7 Å². The molecule has 0 fully saturated rings. The van der Waals surface area contributed by atoms with Crippen molar-refractivity contribution in [2.75, 3.05) is 0 Å². The molecular weight excluding hydrogens is 379 g/mol. The molecule has 9 heteroatoms. The van der Waals surface area contributed by atoms with Gasteiger partial charge in [0.05, 0.1) is 24.0 Å². The average Bonchev–Trinajstić information content (AvgIpc) is 3.08. The first-order valence-electron chi connectivity index (χ1n) is 7.67. The first kappa shape index (κ1) is 17.8. The third-order valence-corrected chi connectivity index (χ3v) is 4.61. The summed E-state index contributed by atoms with van der Waals surface area (Å²) in [4.78, 5) is 0. The zero-order chi connectivity index (χ0) is 18.0. The number of aromatic amines is 1. The van der Waals surface area contributed by atoms with Gasteiger partial charge in [0.15, 0.2) is 5.82 Å². The summed E-state index contributed by atoms with van der Waals surface area (Å²) in [7, 11) is 0. The second-order valence-corrected chi connectivity index (χ2v) is 6.61. The van der Waals surface area contributed by atoms with Gasteiger partial charge < -0.3 is 0 Å². The third kappa shape index (κ3) is 3.84. The highest BCUT2D eigenvalue weighted by molar-refractivity contribution is 7.71. The topological polar surface area (TPSA) is 63.8 Å². The van der Waals surface area contributed by atoms with E-state index < -0.39 is 0 Å². The number of nitrogens with zero attached hydrogens (tertiary/aromatic N) is 5. The third-order valence-electron chi connectivity index (χ3n) is 3.69. The minimum atomic E-state index is 0.440. The molecule has 0 saturated heterocycles. The molecule has 130 valence electrons. The van der Waals surface area contributed by atoms with Crippen LogP contribution in [0.3, 0.4) is 0 Å². The van der Waals surface area contributed by atoms with E-state index in [1.807, 2.05) is 38.1 Å². The standard InChI is InChI=1S/C16H16Cl2N6S/c1-3-14-20-21-16(25)24(14)19-8-13-10(2)22-23(15(13)18)9-11-4-6-12(17)7-5-11/h4-8H,3,9H2,1-2H3,(H,21,25)/b19-8-. The Kier molecular flexibility index (Phi) is 5.36. The molecule has 0 aliphatic heterocycles. The summed E-state index contributed by atoms with van der Waals surface area (Å²) < 4.78 is 3.76. The van der Waals surface area contributed by atoms with Gasteiger partial charge in [-0.1, -0.05) is 42.3 Å². The predicted octanol–water partition coefficient (Wildman–Crippen LogP) is 4.25. The number of H-pyrrole nitrogens is 1. The second kappa shape index (κ2) is 7.51. The van der Waals surface area contributed by atoms with Crippen molar-refractivity contribution in [1.29, 1.82) is 0 Å². The van der Waals surface area contributed by atoms with Gasteiger partial charge in [0.2, 0.25) is 4.77 Å². The molecule has 0 bridgehead atoms. The lowest BCUT2D eigenvalue weighted by Crippen LogP contribution is -2.02. The van der Waals surface area contributed by atoms with Crippen LogP contribution in [0.4, 0.5) is 0 Å². The highest BCUT2D eigenvalue weighted by Gasteiger charge is 2.12. The van der Waals surface area contributed by atoms with Crippen LogP contribution >= 0.6 is 35.4 Å². The van der Waals surface area contributed by atoms with Crippen molar-refractivity contribution in [3.05, 3.63) is 61.9 Å². The van der Waals surface area contributed by atoms with Gasteiger partial charge in [0.1, 0.15) is 5.15 Å². The molecule has 0 spiro atoms. The van der Waals surface area contributed by atoms with Crippen LogP contribution in [0.2, 0.25) is 10.2 Å². The maximum absolute atomic E-state index is 6.49. The van der Waals surface area contributed by atoms with Crippen molar-refractivity contribution < 1.29 is 0 Å². The number of hydrogen-bond donors (Lipinski definition) is 1. The molecule has 6 nitrogen and oxygen atoms in total. The number of hydrogen-bond acceptors (Lipinski definition) is 4. The number of nitrogens with one attached hydrogen (secondary N) is 1. The van der Waals surface area contributed by atoms with Gasteiger partial charge in [0, 0.05) is 11.4 Å². The van der Waals surface area contributed by atoms with E-state index >= 15 is 0 Å². The molecule has 25 heavy (non-hydrogen) atoms. The van der Waals surface area contributed by atoms with Crippen molar-refractivity contribution in [3.63, 3.8) is 0 Å². The van der Waals surface area contributed by atoms with E-state index in [4.69, 9.17) is 35.4 Å². The van der Waals surface area contributed by atoms with Gasteiger partial charge in [-0.15, -0.1) is 0 Å². The van der Waals surface area contributed by atoms with Crippen LogP contribution in [0.5, 0.6) is 0 Å². The minimum Gasteiger partial charge on any atom is -0.250 e. The van der Waals surface area contributed by atoms with Crippen LogP contribution < -0.4 is 0 Å². The summed E-state index contributed by atoms with van der Waals surface area (Å²) in [6.45, 7) is 4.43. The van der Waals surface area contributed by atoms with Crippen molar-refractivity contribution in [2.24, 2.45) is 5.10 Å². The van der Waals surface area contributed by atoms with E-state index in [1.165, 1.54) is 0 Å². The fraction of sp³-hybridized carbons (Fsp3) is 0.250. The largest absolute Gasteiger partial charge is 0.250 e. The molecule has 0 atom stereocenters. The summed E-state index contributed by atoms with van der Waals surface area (Å²) >= 11 is 17.6. The van der Waals surface area contributed by atoms with E-state index in [9.17, 15) is 0 Å². The molecule has 0 amide bonds. The summed E-state index contributed by atoms with van der Waals surface area (Å²) in [6.07, 6.45) is 2.38. The monoisotopic (exact) mass is 394 g/mol. The van der Waals surface area contributed by atoms with E-state index in [1.54, 1.807) is 15.6 Å². The van der Waals surface area contributed by atoms with Gasteiger partial charge in [-0.25, -0.2) is 4.68 Å². The van der Waals surface area contributed by atoms with E-state index in [0.717, 1.165) is 22.6 Å². The van der Waals surface area contributed by atoms with Crippen molar-refractivity contribution >= 4 is 41.6 Å². The summed E-state index contributed by atoms with van der Waals surface area (Å²) in [6, 6.07) is 7.58. The Morgan fingerprint density at radius 3 is 2.68 bits per heavy atom. The van der Waals surface area contributed by atoms with Crippen molar-refractivity contribution in [3.8, 4) is 0 Å². The quantitative estimate of drug-likeness (QED) is 0.519. The van der Waals surface area contributed by atoms with E-state index in [-0.39, 0.29) is 0 Å². The van der Waals surface area contributed by atoms with Crippen LogP contribution in [0, 0.1) is 11.7 Å². The summed E-state index contributed by atoms with van der Waals surface area (Å²) in [5.74, 6) is 0.753. The summed E-state index contributed by atoms with van der Waals surface area (Å²) in [5, 5.41) is 17.0. The second-order valence-electron chi connectivity index (χ2n) is 5.43. The zero-order valence-electron chi connectivity index (χ0n) is 13.7. The van der Waals surface area contributed by atoms with Gasteiger partial charge in [-0.3, -0.25) is 5.10 Å². The molecule has 2 aromatic heterocycles. The first-order valence-corrected chi connectivity index (χ1v) is 8.84. The fourth-order valence-corrected chi connectivity index (χ4v) is 2.98. The Bertz CT molecular complexity index is 968. The van der Waals surface area contributed by atoms with Crippen molar-refractivity contribution in [2.45, 2.75) is 26.8 Å². The molecule has 0 unspecified atom stereocenters. The molecule has 1 aromatic carbocycles. The number of rotatable bonds is 5. The lowest BCUT2D eigenvalue weighted by Gasteiger charge is -2.03. The van der Waals surface area contributed by atoms with Crippen LogP contribution in [-0.4, -0.2) is 30.9 Å². The average molecular weight is 395 g/mol. The van der Waals surface area contributed by atoms with Crippen LogP contribution in [0.15, 0.2) is 29.4 Å². The molecule has 0 aliphatic carbocycles. The smallest absolute Gasteiger partial charge is 0.216 e. The molecule has 1 N–H and O–H groups in total. The van der Waals surface area contributed by atoms with Gasteiger partial charge in [-0.2, -0.15) is 20.0 Å². The molecule has 0 radical (unpaired) electrons. The molecule has 3 aromatic rings. The first-order chi connectivity index (χ1) is 12.0. The maximum Gasteiger partial charge on any atom is 0.216 e. The number of halogens is 2. The Labute approximate surface area is 160 Å². The molecule has 3 rings (SSSR count). The van der Waals surface area contributed by atoms with E-state index in [2.05, 4.69) is 20.4 Å². The maximum atomic E-state index is 6.49. The molecular formula is C16H16Cl2N6S. The fourth-order valence-electron chi connectivity index (χ4n) is 2.37. The molecule has 0 saturated carbocycles. The molecule has 2 heterocycles. The number of aromatic nitrogens is 5. The van der Waals surface area contributed by atoms with Gasteiger partial charge in [-0.05, 0) is 36.8 Å². The zero-order valence-corrected chi connectivity index (χ0v) is 16.0. The number of benzene rings is 1. The Morgan fingerprint density at radius 1 is 1.28 bits per heavy atom. The Hall–Kier alpha value is -1.96. The Balaban J connectivity index is 1.89. The van der Waals surface area contributed by atoms with Crippen LogP contribution in [-0.2, 0) is 13.0 Å². The molecule has 0 aliphatic rings. The van der Waals surface area contributed by atoms with Crippen LogP contribution in [0.1, 0.15) is 29.6 Å². The van der Waals surface area contributed by atoms with Gasteiger partial charge >= 0.3 is 0 Å². The minimum absolute atomic E-state index is 0.440. The predicted molar refractivity (Wildman–Crippen MR) is 102 cm³/mol. The van der Waals surface area contributed by atoms with Crippen LogP contribution in [0.25, 0.3) is 0 Å². The SMILES string of the molecule is CCc1n[nH]c(=S)n1/N=C\c1c(C)nn(Cc2ccc(Cl)cc2)c1Cl. The number of aryl methyl sites for hydroxylation is 2. The lowest BCUT2D eigenvalue weighted by molar-refractivity contribution is 0.680. The lowest BCUT2D eigenvalue weighted by atomic mass is 10.2. The Morgan fingerprint density at radius 2 is 2.00 bits per heavy atom. The highest BCUT2D eigenvalue weighted by atomic mass is 35.5. The highest BCUT2D eigenvalue weighted by Crippen LogP contribution is 2.20. The summed E-state index contributed by atoms with van der Waals surface area (Å²) in [5.41, 5.74) is 2.60. The normalized spacial score (nSPS) is 11.5. The van der Waals surface area contributed by atoms with E-state index in [0.29, 0.717) is 27.9 Å². The van der Waals surface area contributed by atoms with Gasteiger partial charge in [0.25, 0.3) is 0 Å².